The van der Waals surface area contributed by atoms with Gasteiger partial charge in [-0.3, -0.25) is 9.48 Å². The number of rotatable bonds is 1. The van der Waals surface area contributed by atoms with Crippen LogP contribution in [0.3, 0.4) is 0 Å². The molecule has 2 rings (SSSR count). The summed E-state index contributed by atoms with van der Waals surface area (Å²) in [6.07, 6.45) is 1.15. The van der Waals surface area contributed by atoms with Gasteiger partial charge in [0.25, 0.3) is 0 Å². The van der Waals surface area contributed by atoms with Crippen LogP contribution < -0.4 is 0 Å². The van der Waals surface area contributed by atoms with Gasteiger partial charge in [0, 0.05) is 19.2 Å². The van der Waals surface area contributed by atoms with Crippen molar-refractivity contribution < 1.29 is 4.79 Å². The molecule has 0 radical (unpaired) electrons. The highest BCUT2D eigenvalue weighted by atomic mass is 16.1. The smallest absolute Gasteiger partial charge is 0.179 e. The molecule has 12 heavy (non-hydrogen) atoms. The summed E-state index contributed by atoms with van der Waals surface area (Å²) in [4.78, 5) is 11.0. The lowest BCUT2D eigenvalue weighted by atomic mass is 10.1. The number of carbonyl (C=O) groups excluding carboxylic acids is 1. The van der Waals surface area contributed by atoms with E-state index in [1.165, 1.54) is 5.69 Å². The lowest BCUT2D eigenvalue weighted by molar-refractivity contribution is 0.101. The highest BCUT2D eigenvalue weighted by Crippen LogP contribution is 2.27. The molecule has 0 aliphatic carbocycles. The fourth-order valence-corrected chi connectivity index (χ4v) is 1.64. The topological polar surface area (TPSA) is 34.9 Å². The Morgan fingerprint density at radius 3 is 3.08 bits per heavy atom. The quantitative estimate of drug-likeness (QED) is 0.591. The van der Waals surface area contributed by atoms with Crippen LogP contribution in [-0.2, 0) is 6.54 Å². The number of aryl methyl sites for hydroxylation is 1. The SMILES string of the molecule is CC(=O)c1cc2n(n1)CCC2C. The molecule has 64 valence electrons. The second-order valence-electron chi connectivity index (χ2n) is 3.42. The number of hydrogen-bond acceptors (Lipinski definition) is 2. The van der Waals surface area contributed by atoms with Crippen molar-refractivity contribution in [2.75, 3.05) is 0 Å². The molecule has 0 amide bonds. The van der Waals surface area contributed by atoms with Crippen molar-refractivity contribution in [3.63, 3.8) is 0 Å². The first-order valence-electron chi connectivity index (χ1n) is 4.27. The zero-order valence-corrected chi connectivity index (χ0v) is 7.37. The third-order valence-electron chi connectivity index (χ3n) is 2.45. The lowest BCUT2D eigenvalue weighted by Gasteiger charge is -1.95. The van der Waals surface area contributed by atoms with Crippen molar-refractivity contribution in [3.05, 3.63) is 17.5 Å². The van der Waals surface area contributed by atoms with Crippen molar-refractivity contribution in [2.45, 2.75) is 32.7 Å². The van der Waals surface area contributed by atoms with Gasteiger partial charge in [-0.05, 0) is 18.4 Å². The van der Waals surface area contributed by atoms with Crippen molar-refractivity contribution in [1.82, 2.24) is 9.78 Å². The fourth-order valence-electron chi connectivity index (χ4n) is 1.64. The molecular weight excluding hydrogens is 152 g/mol. The summed E-state index contributed by atoms with van der Waals surface area (Å²) in [6, 6.07) is 1.92. The van der Waals surface area contributed by atoms with Gasteiger partial charge >= 0.3 is 0 Å². The van der Waals surface area contributed by atoms with Gasteiger partial charge in [-0.15, -0.1) is 0 Å². The van der Waals surface area contributed by atoms with Crippen LogP contribution in [0.4, 0.5) is 0 Å². The Balaban J connectivity index is 2.43. The maximum atomic E-state index is 11.0. The molecule has 1 aromatic heterocycles. The Hall–Kier alpha value is -1.12. The molecule has 1 atom stereocenters. The molecule has 1 aromatic rings. The van der Waals surface area contributed by atoms with Crippen molar-refractivity contribution in [2.24, 2.45) is 0 Å². The van der Waals surface area contributed by atoms with Crippen LogP contribution in [0, 0.1) is 0 Å². The number of hydrogen-bond donors (Lipinski definition) is 0. The van der Waals surface area contributed by atoms with E-state index in [1.807, 2.05) is 10.7 Å². The van der Waals surface area contributed by atoms with Gasteiger partial charge in [0.15, 0.2) is 5.78 Å². The lowest BCUT2D eigenvalue weighted by Crippen LogP contribution is -1.98. The molecule has 1 unspecified atom stereocenters. The fraction of sp³-hybridized carbons (Fsp3) is 0.556. The normalized spacial score (nSPS) is 21.0. The highest BCUT2D eigenvalue weighted by Gasteiger charge is 2.21. The number of aromatic nitrogens is 2. The molecule has 0 saturated carbocycles. The number of fused-ring (bicyclic) bond motifs is 1. The van der Waals surface area contributed by atoms with Gasteiger partial charge in [0.05, 0.1) is 0 Å². The van der Waals surface area contributed by atoms with Crippen LogP contribution in [0.25, 0.3) is 0 Å². The number of Topliss-reactive ketones (excluding diaryl/α,β-unsaturated/α-hetero) is 1. The molecule has 2 heterocycles. The van der Waals surface area contributed by atoms with Gasteiger partial charge in [-0.1, -0.05) is 6.92 Å². The summed E-state index contributed by atoms with van der Waals surface area (Å²) >= 11 is 0. The largest absolute Gasteiger partial charge is 0.293 e. The van der Waals surface area contributed by atoms with Crippen molar-refractivity contribution >= 4 is 5.78 Å². The summed E-state index contributed by atoms with van der Waals surface area (Å²) in [5.74, 6) is 0.620. The van der Waals surface area contributed by atoms with Crippen LogP contribution in [0.1, 0.15) is 42.4 Å². The highest BCUT2D eigenvalue weighted by molar-refractivity contribution is 5.92. The zero-order valence-electron chi connectivity index (χ0n) is 7.37. The van der Waals surface area contributed by atoms with Gasteiger partial charge in [0.2, 0.25) is 0 Å². The van der Waals surface area contributed by atoms with Crippen molar-refractivity contribution in [3.8, 4) is 0 Å². The van der Waals surface area contributed by atoms with E-state index in [2.05, 4.69) is 12.0 Å². The molecule has 1 aliphatic rings. The third kappa shape index (κ3) is 0.967. The van der Waals surface area contributed by atoms with Crippen LogP contribution >= 0.6 is 0 Å². The van der Waals surface area contributed by atoms with Crippen LogP contribution in [0.5, 0.6) is 0 Å². The van der Waals surface area contributed by atoms with Gasteiger partial charge < -0.3 is 0 Å². The standard InChI is InChI=1S/C9H12N2O/c1-6-3-4-11-9(6)5-8(10-11)7(2)12/h5-6H,3-4H2,1-2H3. The van der Waals surface area contributed by atoms with E-state index in [9.17, 15) is 4.79 Å². The maximum Gasteiger partial charge on any atom is 0.179 e. The average Bonchev–Trinajstić information content (AvgIpc) is 2.53. The van der Waals surface area contributed by atoms with Gasteiger partial charge in [-0.2, -0.15) is 5.10 Å². The summed E-state index contributed by atoms with van der Waals surface area (Å²) in [5, 5.41) is 4.21. The van der Waals surface area contributed by atoms with Crippen molar-refractivity contribution in [1.29, 1.82) is 0 Å². The first-order chi connectivity index (χ1) is 5.68. The molecule has 0 spiro atoms. The van der Waals surface area contributed by atoms with E-state index >= 15 is 0 Å². The second kappa shape index (κ2) is 2.44. The molecule has 0 saturated heterocycles. The number of nitrogens with zero attached hydrogens (tertiary/aromatic N) is 2. The van der Waals surface area contributed by atoms with E-state index in [0.717, 1.165) is 13.0 Å². The molecular formula is C9H12N2O. The Bertz CT molecular complexity index is 327. The molecule has 0 aromatic carbocycles. The van der Waals surface area contributed by atoms with E-state index in [-0.39, 0.29) is 5.78 Å². The van der Waals surface area contributed by atoms with E-state index in [0.29, 0.717) is 11.6 Å². The first-order valence-corrected chi connectivity index (χ1v) is 4.27. The van der Waals surface area contributed by atoms with E-state index in [1.54, 1.807) is 6.92 Å². The van der Waals surface area contributed by atoms with Gasteiger partial charge in [-0.25, -0.2) is 0 Å². The minimum Gasteiger partial charge on any atom is -0.293 e. The zero-order chi connectivity index (χ0) is 8.72. The van der Waals surface area contributed by atoms with Gasteiger partial charge in [0.1, 0.15) is 5.69 Å². The molecule has 3 heteroatoms. The van der Waals surface area contributed by atoms with E-state index in [4.69, 9.17) is 0 Å². The Labute approximate surface area is 71.4 Å². The van der Waals surface area contributed by atoms with Crippen LogP contribution in [0.15, 0.2) is 6.07 Å². The second-order valence-corrected chi connectivity index (χ2v) is 3.42. The molecule has 0 fully saturated rings. The monoisotopic (exact) mass is 164 g/mol. The molecule has 1 aliphatic heterocycles. The summed E-state index contributed by atoms with van der Waals surface area (Å²) in [5.41, 5.74) is 1.82. The van der Waals surface area contributed by atoms with Crippen LogP contribution in [0.2, 0.25) is 0 Å². The third-order valence-corrected chi connectivity index (χ3v) is 2.45. The Morgan fingerprint density at radius 1 is 1.75 bits per heavy atom. The minimum absolute atomic E-state index is 0.0594. The number of carbonyl (C=O) groups is 1. The molecule has 3 nitrogen and oxygen atoms in total. The Kier molecular flexibility index (Phi) is 1.53. The first kappa shape index (κ1) is 7.53. The van der Waals surface area contributed by atoms with Crippen LogP contribution in [-0.4, -0.2) is 15.6 Å². The number of ketones is 1. The predicted octanol–water partition coefficient (Wildman–Crippen LogP) is 1.59. The molecule has 0 bridgehead atoms. The molecule has 0 N–H and O–H groups in total. The van der Waals surface area contributed by atoms with E-state index < -0.39 is 0 Å². The summed E-state index contributed by atoms with van der Waals surface area (Å²) in [7, 11) is 0. The summed E-state index contributed by atoms with van der Waals surface area (Å²) < 4.78 is 1.95. The Morgan fingerprint density at radius 2 is 2.50 bits per heavy atom. The predicted molar refractivity (Wildman–Crippen MR) is 45.3 cm³/mol. The average molecular weight is 164 g/mol. The minimum atomic E-state index is 0.0594. The summed E-state index contributed by atoms with van der Waals surface area (Å²) in [6.45, 7) is 4.69. The maximum absolute atomic E-state index is 11.0.